The SMILES string of the molecule is Brc1cnc(-n2ccc3ccncc32)cc1C1OC=CO1. The molecule has 3 aromatic heterocycles. The zero-order valence-corrected chi connectivity index (χ0v) is 12.4. The largest absolute Gasteiger partial charge is 0.455 e. The van der Waals surface area contributed by atoms with Gasteiger partial charge in [-0.05, 0) is 34.1 Å². The molecule has 5 nitrogen and oxygen atoms in total. The molecule has 4 rings (SSSR count). The lowest BCUT2D eigenvalue weighted by molar-refractivity contribution is -0.0252. The highest BCUT2D eigenvalue weighted by Crippen LogP contribution is 2.31. The van der Waals surface area contributed by atoms with E-state index in [1.165, 1.54) is 12.5 Å². The van der Waals surface area contributed by atoms with Crippen LogP contribution in [-0.2, 0) is 9.47 Å². The van der Waals surface area contributed by atoms with Gasteiger partial charge >= 0.3 is 0 Å². The molecular weight excluding hydrogens is 334 g/mol. The second-order valence-corrected chi connectivity index (χ2v) is 5.41. The summed E-state index contributed by atoms with van der Waals surface area (Å²) >= 11 is 3.48. The molecular formula is C15H10BrN3O2. The number of rotatable bonds is 2. The molecule has 0 atom stereocenters. The van der Waals surface area contributed by atoms with Gasteiger partial charge in [0.05, 0.1) is 17.3 Å². The number of hydrogen-bond acceptors (Lipinski definition) is 4. The normalized spacial score (nSPS) is 14.3. The average molecular weight is 344 g/mol. The smallest absolute Gasteiger partial charge is 0.267 e. The van der Waals surface area contributed by atoms with E-state index in [0.29, 0.717) is 0 Å². The third kappa shape index (κ3) is 2.08. The fraction of sp³-hybridized carbons (Fsp3) is 0.0667. The maximum atomic E-state index is 5.40. The van der Waals surface area contributed by atoms with Crippen molar-refractivity contribution in [3.05, 3.63) is 65.5 Å². The Morgan fingerprint density at radius 2 is 2.00 bits per heavy atom. The minimum Gasteiger partial charge on any atom is -0.455 e. The molecule has 0 spiro atoms. The Hall–Kier alpha value is -2.34. The first kappa shape index (κ1) is 12.4. The average Bonchev–Trinajstić information content (AvgIpc) is 3.17. The molecule has 1 aliphatic rings. The van der Waals surface area contributed by atoms with E-state index in [9.17, 15) is 0 Å². The predicted octanol–water partition coefficient (Wildman–Crippen LogP) is 3.70. The number of fused-ring (bicyclic) bond motifs is 1. The number of aromatic nitrogens is 3. The van der Waals surface area contributed by atoms with E-state index in [0.717, 1.165) is 26.8 Å². The van der Waals surface area contributed by atoms with Gasteiger partial charge in [0.2, 0.25) is 0 Å². The first-order valence-electron chi connectivity index (χ1n) is 6.36. The molecule has 4 heterocycles. The van der Waals surface area contributed by atoms with E-state index in [1.54, 1.807) is 12.4 Å². The van der Waals surface area contributed by atoms with Crippen molar-refractivity contribution in [3.63, 3.8) is 0 Å². The van der Waals surface area contributed by atoms with Gasteiger partial charge in [-0.1, -0.05) is 0 Å². The molecule has 21 heavy (non-hydrogen) atoms. The molecule has 0 aliphatic carbocycles. The van der Waals surface area contributed by atoms with Gasteiger partial charge in [-0.15, -0.1) is 0 Å². The molecule has 0 saturated heterocycles. The van der Waals surface area contributed by atoms with E-state index < -0.39 is 6.29 Å². The summed E-state index contributed by atoms with van der Waals surface area (Å²) in [5.41, 5.74) is 1.89. The summed E-state index contributed by atoms with van der Waals surface area (Å²) in [6.07, 6.45) is 9.94. The van der Waals surface area contributed by atoms with Crippen molar-refractivity contribution >= 4 is 26.8 Å². The summed E-state index contributed by atoms with van der Waals surface area (Å²) in [5.74, 6) is 0.787. The van der Waals surface area contributed by atoms with Gasteiger partial charge in [0.25, 0.3) is 6.29 Å². The Labute approximate surface area is 129 Å². The quantitative estimate of drug-likeness (QED) is 0.711. The molecule has 3 aromatic rings. The van der Waals surface area contributed by atoms with Crippen molar-refractivity contribution in [2.45, 2.75) is 6.29 Å². The molecule has 6 heteroatoms. The van der Waals surface area contributed by atoms with Crippen LogP contribution >= 0.6 is 15.9 Å². The first-order valence-corrected chi connectivity index (χ1v) is 7.15. The lowest BCUT2D eigenvalue weighted by Gasteiger charge is -2.14. The molecule has 1 aliphatic heterocycles. The zero-order chi connectivity index (χ0) is 14.2. The fourth-order valence-electron chi connectivity index (χ4n) is 2.31. The molecule has 104 valence electrons. The first-order chi connectivity index (χ1) is 10.3. The summed E-state index contributed by atoms with van der Waals surface area (Å²) in [4.78, 5) is 8.63. The van der Waals surface area contributed by atoms with Crippen LogP contribution in [0.1, 0.15) is 11.9 Å². The van der Waals surface area contributed by atoms with Crippen LogP contribution in [0.3, 0.4) is 0 Å². The van der Waals surface area contributed by atoms with Crippen molar-refractivity contribution < 1.29 is 9.47 Å². The predicted molar refractivity (Wildman–Crippen MR) is 80.6 cm³/mol. The number of nitrogens with zero attached hydrogens (tertiary/aromatic N) is 3. The number of hydrogen-bond donors (Lipinski definition) is 0. The maximum Gasteiger partial charge on any atom is 0.267 e. The molecule has 0 saturated carbocycles. The van der Waals surface area contributed by atoms with Crippen molar-refractivity contribution in [2.75, 3.05) is 0 Å². The number of halogens is 1. The molecule has 0 unspecified atom stereocenters. The fourth-order valence-corrected chi connectivity index (χ4v) is 2.72. The number of ether oxygens (including phenoxy) is 2. The third-order valence-corrected chi connectivity index (χ3v) is 3.99. The molecule has 0 radical (unpaired) electrons. The van der Waals surface area contributed by atoms with Crippen molar-refractivity contribution in [1.29, 1.82) is 0 Å². The van der Waals surface area contributed by atoms with E-state index >= 15 is 0 Å². The lowest BCUT2D eigenvalue weighted by atomic mass is 10.2. The monoisotopic (exact) mass is 343 g/mol. The van der Waals surface area contributed by atoms with Crippen molar-refractivity contribution in [2.24, 2.45) is 0 Å². The summed E-state index contributed by atoms with van der Waals surface area (Å²) in [7, 11) is 0. The topological polar surface area (TPSA) is 49.2 Å². The van der Waals surface area contributed by atoms with Crippen LogP contribution in [0.5, 0.6) is 0 Å². The van der Waals surface area contributed by atoms with Gasteiger partial charge in [0.1, 0.15) is 18.3 Å². The number of pyridine rings is 2. The molecule has 0 fully saturated rings. The van der Waals surface area contributed by atoms with Crippen molar-refractivity contribution in [1.82, 2.24) is 14.5 Å². The van der Waals surface area contributed by atoms with E-state index in [4.69, 9.17) is 9.47 Å². The van der Waals surface area contributed by atoms with E-state index in [-0.39, 0.29) is 0 Å². The maximum absolute atomic E-state index is 5.40. The van der Waals surface area contributed by atoms with Gasteiger partial charge < -0.3 is 9.47 Å². The van der Waals surface area contributed by atoms with E-state index in [2.05, 4.69) is 25.9 Å². The summed E-state index contributed by atoms with van der Waals surface area (Å²) in [6.45, 7) is 0. The lowest BCUT2D eigenvalue weighted by Crippen LogP contribution is -2.03. The second kappa shape index (κ2) is 4.89. The Morgan fingerprint density at radius 3 is 2.86 bits per heavy atom. The van der Waals surface area contributed by atoms with Crippen LogP contribution in [0.2, 0.25) is 0 Å². The molecule has 0 amide bonds. The molecule has 0 N–H and O–H groups in total. The van der Waals surface area contributed by atoms with Crippen LogP contribution < -0.4 is 0 Å². The Bertz CT molecular complexity index is 836. The Morgan fingerprint density at radius 1 is 1.14 bits per heavy atom. The molecule has 0 bridgehead atoms. The minimum atomic E-state index is -0.443. The summed E-state index contributed by atoms with van der Waals surface area (Å²) in [6, 6.07) is 5.94. The van der Waals surface area contributed by atoms with Crippen LogP contribution in [0.4, 0.5) is 0 Å². The zero-order valence-electron chi connectivity index (χ0n) is 10.8. The highest BCUT2D eigenvalue weighted by molar-refractivity contribution is 9.10. The standard InChI is InChI=1S/C15H10BrN3O2/c16-12-8-18-14(7-11(12)15-20-5-6-21-15)19-4-2-10-1-3-17-9-13(10)19/h1-9,15H. The van der Waals surface area contributed by atoms with Crippen LogP contribution in [0.15, 0.2) is 60.0 Å². The van der Waals surface area contributed by atoms with E-state index in [1.807, 2.05) is 35.2 Å². The Kier molecular flexibility index (Phi) is 2.89. The summed E-state index contributed by atoms with van der Waals surface area (Å²) < 4.78 is 13.6. The minimum absolute atomic E-state index is 0.443. The van der Waals surface area contributed by atoms with Gasteiger partial charge in [-0.25, -0.2) is 4.98 Å². The highest BCUT2D eigenvalue weighted by Gasteiger charge is 2.20. The van der Waals surface area contributed by atoms with Gasteiger partial charge in [-0.3, -0.25) is 9.55 Å². The van der Waals surface area contributed by atoms with Gasteiger partial charge in [0, 0.05) is 28.4 Å². The van der Waals surface area contributed by atoms with Crippen LogP contribution in [0, 0.1) is 0 Å². The molecule has 0 aromatic carbocycles. The summed E-state index contributed by atoms with van der Waals surface area (Å²) in [5, 5.41) is 1.12. The van der Waals surface area contributed by atoms with Gasteiger partial charge in [-0.2, -0.15) is 0 Å². The van der Waals surface area contributed by atoms with Crippen LogP contribution in [-0.4, -0.2) is 14.5 Å². The highest BCUT2D eigenvalue weighted by atomic mass is 79.9. The second-order valence-electron chi connectivity index (χ2n) is 4.56. The van der Waals surface area contributed by atoms with Crippen LogP contribution in [0.25, 0.3) is 16.7 Å². The van der Waals surface area contributed by atoms with Gasteiger partial charge in [0.15, 0.2) is 0 Å². The Balaban J connectivity index is 1.83. The van der Waals surface area contributed by atoms with Crippen molar-refractivity contribution in [3.8, 4) is 5.82 Å². The third-order valence-electron chi connectivity index (χ3n) is 3.33.